The van der Waals surface area contributed by atoms with Gasteiger partial charge in [0.05, 0.1) is 0 Å². The van der Waals surface area contributed by atoms with Gasteiger partial charge in [-0.15, -0.1) is 0 Å². The Labute approximate surface area is 106 Å². The third-order valence-corrected chi connectivity index (χ3v) is 3.24. The number of hydrazine groups is 1. The quantitative estimate of drug-likeness (QED) is 0.734. The summed E-state index contributed by atoms with van der Waals surface area (Å²) < 4.78 is 0. The number of nitrogens with two attached hydrogens (primary N) is 1. The molecule has 96 valence electrons. The van der Waals surface area contributed by atoms with Gasteiger partial charge in [0.1, 0.15) is 12.0 Å². The molecule has 4 N–H and O–H groups in total. The van der Waals surface area contributed by atoms with Gasteiger partial charge in [-0.3, -0.25) is 0 Å². The number of rotatable bonds is 3. The summed E-state index contributed by atoms with van der Waals surface area (Å²) in [4.78, 5) is 8.25. The van der Waals surface area contributed by atoms with E-state index in [1.54, 1.807) is 0 Å². The smallest absolute Gasteiger partial charge is 0.222 e. The van der Waals surface area contributed by atoms with E-state index in [4.69, 9.17) is 5.73 Å². The van der Waals surface area contributed by atoms with E-state index in [9.17, 15) is 0 Å². The van der Waals surface area contributed by atoms with Crippen LogP contribution in [0.15, 0.2) is 17.8 Å². The first kappa shape index (κ1) is 11.3. The first-order valence-corrected chi connectivity index (χ1v) is 6.21. The predicted octanol–water partition coefficient (Wildman–Crippen LogP) is 0.849. The predicted molar refractivity (Wildman–Crippen MR) is 70.3 cm³/mol. The Morgan fingerprint density at radius 2 is 2.22 bits per heavy atom. The topological polar surface area (TPSA) is 79.1 Å². The highest BCUT2D eigenvalue weighted by atomic mass is 15.6. The van der Waals surface area contributed by atoms with Crippen LogP contribution >= 0.6 is 0 Å². The van der Waals surface area contributed by atoms with Gasteiger partial charge in [0.25, 0.3) is 0 Å². The van der Waals surface area contributed by atoms with Crippen LogP contribution in [-0.2, 0) is 0 Å². The number of nitrogens with one attached hydrogen (secondary N) is 2. The Morgan fingerprint density at radius 3 is 2.89 bits per heavy atom. The number of aryl methyl sites for hydroxylation is 1. The second-order valence-electron chi connectivity index (χ2n) is 4.96. The molecule has 1 unspecified atom stereocenters. The number of nitrogen functional groups attached to an aromatic ring is 1. The molecule has 2 heterocycles. The van der Waals surface area contributed by atoms with Crippen LogP contribution in [0.2, 0.25) is 0 Å². The number of aromatic nitrogens is 2. The van der Waals surface area contributed by atoms with Gasteiger partial charge in [-0.05, 0) is 31.8 Å². The third kappa shape index (κ3) is 2.24. The molecule has 1 aromatic rings. The van der Waals surface area contributed by atoms with Gasteiger partial charge in [0, 0.05) is 24.5 Å². The van der Waals surface area contributed by atoms with Crippen LogP contribution in [-0.4, -0.2) is 28.2 Å². The van der Waals surface area contributed by atoms with Crippen LogP contribution in [0.3, 0.4) is 0 Å². The Balaban J connectivity index is 1.75. The highest BCUT2D eigenvalue weighted by Crippen LogP contribution is 2.37. The molecule has 2 aliphatic rings. The van der Waals surface area contributed by atoms with Crippen molar-refractivity contribution in [2.45, 2.75) is 25.9 Å². The van der Waals surface area contributed by atoms with E-state index in [0.29, 0.717) is 5.95 Å². The maximum absolute atomic E-state index is 5.65. The number of allylic oxidation sites excluding steroid dienone is 1. The molecular weight excluding hydrogens is 228 g/mol. The van der Waals surface area contributed by atoms with E-state index in [1.807, 2.05) is 25.0 Å². The summed E-state index contributed by atoms with van der Waals surface area (Å²) in [6, 6.07) is 1.90. The molecule has 0 amide bonds. The zero-order chi connectivity index (χ0) is 12.7. The summed E-state index contributed by atoms with van der Waals surface area (Å²) in [6.07, 6.45) is 4.90. The van der Waals surface area contributed by atoms with Crippen molar-refractivity contribution < 1.29 is 0 Å². The SMILES string of the molecule is Cc1cc(NC2C=C(C3CC3)NN2C)nc(N)n1. The average molecular weight is 246 g/mol. The van der Waals surface area contributed by atoms with Gasteiger partial charge in [0.2, 0.25) is 5.95 Å². The molecule has 1 aliphatic heterocycles. The summed E-state index contributed by atoms with van der Waals surface area (Å²) in [5, 5.41) is 5.38. The standard InChI is InChI=1S/C12H18N6/c1-7-5-10(16-12(13)14-7)15-11-6-9(8-3-4-8)17-18(11)2/h5-6,8,11,17H,3-4H2,1-2H3,(H3,13,14,15,16). The second-order valence-corrected chi connectivity index (χ2v) is 4.96. The summed E-state index contributed by atoms with van der Waals surface area (Å²) in [5.41, 5.74) is 11.2. The lowest BCUT2D eigenvalue weighted by molar-refractivity contribution is 0.261. The number of anilines is 2. The Bertz CT molecular complexity index is 473. The van der Waals surface area contributed by atoms with Crippen LogP contribution in [0, 0.1) is 12.8 Å². The normalized spacial score (nSPS) is 23.7. The molecule has 1 saturated carbocycles. The minimum atomic E-state index is 0.106. The minimum Gasteiger partial charge on any atom is -0.368 e. The molecule has 0 saturated heterocycles. The van der Waals surface area contributed by atoms with E-state index in [2.05, 4.69) is 26.8 Å². The van der Waals surface area contributed by atoms with Crippen LogP contribution in [0.1, 0.15) is 18.5 Å². The molecule has 6 nitrogen and oxygen atoms in total. The minimum absolute atomic E-state index is 0.106. The van der Waals surface area contributed by atoms with Gasteiger partial charge in [-0.25, -0.2) is 9.99 Å². The van der Waals surface area contributed by atoms with Crippen molar-refractivity contribution in [3.63, 3.8) is 0 Å². The molecule has 1 aliphatic carbocycles. The number of nitrogens with zero attached hydrogens (tertiary/aromatic N) is 3. The molecule has 1 aromatic heterocycles. The zero-order valence-corrected chi connectivity index (χ0v) is 10.6. The summed E-state index contributed by atoms with van der Waals surface area (Å²) in [5.74, 6) is 1.78. The van der Waals surface area contributed by atoms with Crippen molar-refractivity contribution in [1.82, 2.24) is 20.4 Å². The molecule has 0 spiro atoms. The lowest BCUT2D eigenvalue weighted by atomic mass is 10.3. The number of hydrogen-bond donors (Lipinski definition) is 3. The van der Waals surface area contributed by atoms with Gasteiger partial charge < -0.3 is 16.5 Å². The Morgan fingerprint density at radius 1 is 1.44 bits per heavy atom. The maximum atomic E-state index is 5.65. The molecule has 1 fully saturated rings. The zero-order valence-electron chi connectivity index (χ0n) is 10.6. The highest BCUT2D eigenvalue weighted by molar-refractivity contribution is 5.42. The summed E-state index contributed by atoms with van der Waals surface area (Å²) in [6.45, 7) is 1.91. The van der Waals surface area contributed by atoms with Crippen LogP contribution < -0.4 is 16.5 Å². The Hall–Kier alpha value is -1.82. The van der Waals surface area contributed by atoms with Crippen LogP contribution in [0.5, 0.6) is 0 Å². The van der Waals surface area contributed by atoms with Gasteiger partial charge in [-0.1, -0.05) is 0 Å². The number of hydrogen-bond acceptors (Lipinski definition) is 6. The van der Waals surface area contributed by atoms with Crippen molar-refractivity contribution in [2.75, 3.05) is 18.1 Å². The van der Waals surface area contributed by atoms with Gasteiger partial charge >= 0.3 is 0 Å². The third-order valence-electron chi connectivity index (χ3n) is 3.24. The van der Waals surface area contributed by atoms with Gasteiger partial charge in [0.15, 0.2) is 0 Å². The van der Waals surface area contributed by atoms with Crippen molar-refractivity contribution in [3.8, 4) is 0 Å². The molecule has 3 rings (SSSR count). The first-order valence-electron chi connectivity index (χ1n) is 6.21. The van der Waals surface area contributed by atoms with Crippen molar-refractivity contribution >= 4 is 11.8 Å². The molecular formula is C12H18N6. The van der Waals surface area contributed by atoms with Gasteiger partial charge in [-0.2, -0.15) is 4.98 Å². The second kappa shape index (κ2) is 4.13. The van der Waals surface area contributed by atoms with Crippen molar-refractivity contribution in [2.24, 2.45) is 5.92 Å². The summed E-state index contributed by atoms with van der Waals surface area (Å²) >= 11 is 0. The van der Waals surface area contributed by atoms with E-state index < -0.39 is 0 Å². The first-order chi connectivity index (χ1) is 8.61. The average Bonchev–Trinajstić information content (AvgIpc) is 3.04. The Kier molecular flexibility index (Phi) is 2.59. The van der Waals surface area contributed by atoms with Crippen molar-refractivity contribution in [1.29, 1.82) is 0 Å². The lowest BCUT2D eigenvalue weighted by Crippen LogP contribution is -2.39. The fourth-order valence-corrected chi connectivity index (χ4v) is 2.17. The molecule has 6 heteroatoms. The van der Waals surface area contributed by atoms with Crippen LogP contribution in [0.25, 0.3) is 0 Å². The summed E-state index contributed by atoms with van der Waals surface area (Å²) in [7, 11) is 2.01. The fourth-order valence-electron chi connectivity index (χ4n) is 2.17. The molecule has 0 radical (unpaired) electrons. The van der Waals surface area contributed by atoms with E-state index >= 15 is 0 Å². The monoisotopic (exact) mass is 246 g/mol. The van der Waals surface area contributed by atoms with Crippen molar-refractivity contribution in [3.05, 3.63) is 23.5 Å². The molecule has 1 atom stereocenters. The van der Waals surface area contributed by atoms with E-state index in [-0.39, 0.29) is 6.17 Å². The number of likely N-dealkylation sites (N-methyl/N-ethyl adjacent to an activating group) is 1. The fraction of sp³-hybridized carbons (Fsp3) is 0.500. The maximum Gasteiger partial charge on any atom is 0.222 e. The highest BCUT2D eigenvalue weighted by Gasteiger charge is 2.32. The molecule has 18 heavy (non-hydrogen) atoms. The molecule has 0 aromatic carbocycles. The largest absolute Gasteiger partial charge is 0.368 e. The van der Waals surface area contributed by atoms with E-state index in [1.165, 1.54) is 18.5 Å². The van der Waals surface area contributed by atoms with E-state index in [0.717, 1.165) is 17.4 Å². The lowest BCUT2D eigenvalue weighted by Gasteiger charge is -2.21. The molecule has 0 bridgehead atoms. The van der Waals surface area contributed by atoms with Crippen LogP contribution in [0.4, 0.5) is 11.8 Å².